The van der Waals surface area contributed by atoms with Crippen LogP contribution in [-0.4, -0.2) is 113 Å². The predicted octanol–water partition coefficient (Wildman–Crippen LogP) is 3.78. The molecule has 11 heteroatoms. The third-order valence-electron chi connectivity index (χ3n) is 9.78. The third-order valence-corrected chi connectivity index (χ3v) is 12.0. The zero-order valence-corrected chi connectivity index (χ0v) is 27.4. The highest BCUT2D eigenvalue weighted by Crippen LogP contribution is 2.40. The Balaban J connectivity index is 1.21. The van der Waals surface area contributed by atoms with Crippen molar-refractivity contribution in [2.45, 2.75) is 62.4 Å². The number of likely N-dealkylation sites (tertiary alicyclic amines) is 1. The van der Waals surface area contributed by atoms with Crippen LogP contribution in [0.15, 0.2) is 41.3 Å². The molecule has 0 bridgehead atoms. The van der Waals surface area contributed by atoms with Crippen molar-refractivity contribution in [2.75, 3.05) is 73.2 Å². The average Bonchev–Trinajstić information content (AvgIpc) is 3.01. The zero-order chi connectivity index (χ0) is 31.5. The highest BCUT2D eigenvalue weighted by atomic mass is 32.2. The van der Waals surface area contributed by atoms with Gasteiger partial charge in [-0.25, -0.2) is 12.8 Å². The number of piperidine rings is 2. The maximum Gasteiger partial charge on any atom is 0.248 e. The van der Waals surface area contributed by atoms with Gasteiger partial charge >= 0.3 is 0 Å². The Morgan fingerprint density at radius 1 is 0.955 bits per heavy atom. The number of hydrogen-bond acceptors (Lipinski definition) is 7. The van der Waals surface area contributed by atoms with E-state index < -0.39 is 10.0 Å². The monoisotopic (exact) mass is 630 g/mol. The molecular formula is C33H47FN4O5S. The van der Waals surface area contributed by atoms with Gasteiger partial charge in [0.1, 0.15) is 18.2 Å². The minimum Gasteiger partial charge on any atom is -0.497 e. The highest BCUT2D eigenvalue weighted by Gasteiger charge is 2.43. The standard InChI is InChI=1S/C33H47FN4O5S/c1-25-21-30(42-4)22-26(2)32(25)44(40,41)38-14-6-5-7-29(38)23-43-24-31(39)36-15-12-33(13-16-36,27-8-10-28(34)11-9-27)37-19-17-35(3)18-20-37/h8-11,21-22,29H,5-7,12-20,23-24H2,1-4H3. The molecule has 0 spiro atoms. The first kappa shape index (κ1) is 32.8. The van der Waals surface area contributed by atoms with E-state index >= 15 is 0 Å². The molecule has 0 N–H and O–H groups in total. The summed E-state index contributed by atoms with van der Waals surface area (Å²) in [5.41, 5.74) is 2.18. The van der Waals surface area contributed by atoms with Gasteiger partial charge in [-0.1, -0.05) is 18.6 Å². The molecule has 1 atom stereocenters. The minimum atomic E-state index is -3.75. The molecular weight excluding hydrogens is 583 g/mol. The molecule has 2 aromatic rings. The second-order valence-electron chi connectivity index (χ2n) is 12.6. The number of likely N-dealkylation sites (N-methyl/N-ethyl adjacent to an activating group) is 1. The summed E-state index contributed by atoms with van der Waals surface area (Å²) in [6, 6.07) is 10.0. The maximum atomic E-state index is 13.9. The van der Waals surface area contributed by atoms with Crippen molar-refractivity contribution in [1.29, 1.82) is 0 Å². The Morgan fingerprint density at radius 3 is 2.20 bits per heavy atom. The predicted molar refractivity (Wildman–Crippen MR) is 168 cm³/mol. The second-order valence-corrected chi connectivity index (χ2v) is 14.4. The van der Waals surface area contributed by atoms with Crippen molar-refractivity contribution in [3.05, 3.63) is 58.9 Å². The molecule has 0 aromatic heterocycles. The lowest BCUT2D eigenvalue weighted by atomic mass is 9.78. The number of rotatable bonds is 9. The summed E-state index contributed by atoms with van der Waals surface area (Å²) in [5.74, 6) is 0.306. The van der Waals surface area contributed by atoms with Crippen molar-refractivity contribution in [3.63, 3.8) is 0 Å². The van der Waals surface area contributed by atoms with Crippen molar-refractivity contribution >= 4 is 15.9 Å². The van der Waals surface area contributed by atoms with E-state index in [0.717, 1.165) is 57.4 Å². The second kappa shape index (κ2) is 13.8. The van der Waals surface area contributed by atoms with Crippen LogP contribution in [0.2, 0.25) is 0 Å². The minimum absolute atomic E-state index is 0.0803. The van der Waals surface area contributed by atoms with E-state index in [1.807, 2.05) is 17.0 Å². The summed E-state index contributed by atoms with van der Waals surface area (Å²) >= 11 is 0. The molecule has 3 fully saturated rings. The van der Waals surface area contributed by atoms with Gasteiger partial charge in [0, 0.05) is 57.4 Å². The molecule has 0 saturated carbocycles. The Hall–Kier alpha value is -2.57. The van der Waals surface area contributed by atoms with E-state index in [9.17, 15) is 17.6 Å². The van der Waals surface area contributed by atoms with Crippen LogP contribution in [0.5, 0.6) is 5.75 Å². The van der Waals surface area contributed by atoms with Gasteiger partial charge in [-0.05, 0) is 87.5 Å². The lowest BCUT2D eigenvalue weighted by Crippen LogP contribution is -2.59. The van der Waals surface area contributed by atoms with Gasteiger partial charge in [0.15, 0.2) is 0 Å². The molecule has 1 amide bonds. The molecule has 44 heavy (non-hydrogen) atoms. The first-order chi connectivity index (χ1) is 21.0. The molecule has 5 rings (SSSR count). The third kappa shape index (κ3) is 6.82. The fourth-order valence-electron chi connectivity index (χ4n) is 7.29. The van der Waals surface area contributed by atoms with Crippen LogP contribution in [0.3, 0.4) is 0 Å². The molecule has 0 radical (unpaired) electrons. The van der Waals surface area contributed by atoms with E-state index in [2.05, 4.69) is 16.8 Å². The van der Waals surface area contributed by atoms with Crippen LogP contribution in [-0.2, 0) is 25.1 Å². The summed E-state index contributed by atoms with van der Waals surface area (Å²) < 4.78 is 54.4. The van der Waals surface area contributed by atoms with Gasteiger partial charge in [-0.15, -0.1) is 0 Å². The fourth-order valence-corrected chi connectivity index (χ4v) is 9.39. The number of aryl methyl sites for hydroxylation is 2. The van der Waals surface area contributed by atoms with E-state index in [0.29, 0.717) is 47.8 Å². The largest absolute Gasteiger partial charge is 0.497 e. The molecule has 3 heterocycles. The Kier molecular flexibility index (Phi) is 10.3. The van der Waals surface area contributed by atoms with E-state index in [1.165, 1.54) is 12.1 Å². The van der Waals surface area contributed by atoms with Crippen LogP contribution in [0.4, 0.5) is 4.39 Å². The quantitative estimate of drug-likeness (QED) is 0.417. The molecule has 3 aliphatic rings. The zero-order valence-electron chi connectivity index (χ0n) is 26.6. The van der Waals surface area contributed by atoms with E-state index in [1.54, 1.807) is 37.4 Å². The van der Waals surface area contributed by atoms with Crippen LogP contribution in [0.1, 0.15) is 48.8 Å². The molecule has 242 valence electrons. The van der Waals surface area contributed by atoms with Crippen molar-refractivity contribution in [2.24, 2.45) is 0 Å². The molecule has 9 nitrogen and oxygen atoms in total. The first-order valence-electron chi connectivity index (χ1n) is 15.8. The Bertz CT molecular complexity index is 1380. The molecule has 0 aliphatic carbocycles. The number of piperazine rings is 1. The van der Waals surface area contributed by atoms with Gasteiger partial charge in [-0.3, -0.25) is 9.69 Å². The number of amides is 1. The normalized spacial score (nSPS) is 22.2. The van der Waals surface area contributed by atoms with Gasteiger partial charge in [0.25, 0.3) is 0 Å². The van der Waals surface area contributed by atoms with Gasteiger partial charge in [0.2, 0.25) is 15.9 Å². The summed E-state index contributed by atoms with van der Waals surface area (Å²) in [4.78, 5) is 20.3. The van der Waals surface area contributed by atoms with Crippen LogP contribution in [0.25, 0.3) is 0 Å². The topological polar surface area (TPSA) is 82.6 Å². The van der Waals surface area contributed by atoms with Crippen molar-refractivity contribution in [3.8, 4) is 5.75 Å². The average molecular weight is 631 g/mol. The number of sulfonamides is 1. The number of carbonyl (C=O) groups is 1. The Labute approximate surface area is 261 Å². The lowest BCUT2D eigenvalue weighted by molar-refractivity contribution is -0.140. The van der Waals surface area contributed by atoms with E-state index in [-0.39, 0.29) is 36.5 Å². The number of benzene rings is 2. The summed E-state index contributed by atoms with van der Waals surface area (Å²) in [5, 5.41) is 0. The molecule has 3 aliphatic heterocycles. The smallest absolute Gasteiger partial charge is 0.248 e. The van der Waals surface area contributed by atoms with Crippen LogP contribution in [0, 0.1) is 19.7 Å². The first-order valence-corrected chi connectivity index (χ1v) is 17.2. The fraction of sp³-hybridized carbons (Fsp3) is 0.606. The summed E-state index contributed by atoms with van der Waals surface area (Å²) in [6.07, 6.45) is 3.93. The number of nitrogens with zero attached hydrogens (tertiary/aromatic N) is 4. The number of halogens is 1. The molecule has 3 saturated heterocycles. The van der Waals surface area contributed by atoms with Gasteiger partial charge in [0.05, 0.1) is 18.6 Å². The number of ether oxygens (including phenoxy) is 2. The lowest BCUT2D eigenvalue weighted by Gasteiger charge is -2.51. The summed E-state index contributed by atoms with van der Waals surface area (Å²) in [7, 11) is -0.0519. The SMILES string of the molecule is COc1cc(C)c(S(=O)(=O)N2CCCCC2COCC(=O)N2CCC(c3ccc(F)cc3)(N3CCN(C)CC3)CC2)c(C)c1. The van der Waals surface area contributed by atoms with Gasteiger partial charge < -0.3 is 19.3 Å². The van der Waals surface area contributed by atoms with Crippen LogP contribution >= 0.6 is 0 Å². The molecule has 1 unspecified atom stereocenters. The Morgan fingerprint density at radius 2 is 1.59 bits per heavy atom. The van der Waals surface area contributed by atoms with Crippen molar-refractivity contribution < 1.29 is 27.1 Å². The van der Waals surface area contributed by atoms with Crippen molar-refractivity contribution in [1.82, 2.24) is 19.0 Å². The number of carbonyl (C=O) groups excluding carboxylic acids is 1. The molecule has 2 aromatic carbocycles. The summed E-state index contributed by atoms with van der Waals surface area (Å²) in [6.45, 7) is 9.11. The van der Waals surface area contributed by atoms with Crippen LogP contribution < -0.4 is 4.74 Å². The number of hydrogen-bond donors (Lipinski definition) is 0. The number of methoxy groups -OCH3 is 1. The maximum absolute atomic E-state index is 13.9. The van der Waals surface area contributed by atoms with E-state index in [4.69, 9.17) is 9.47 Å². The highest BCUT2D eigenvalue weighted by molar-refractivity contribution is 7.89. The van der Waals surface area contributed by atoms with Gasteiger partial charge in [-0.2, -0.15) is 4.31 Å².